The van der Waals surface area contributed by atoms with Gasteiger partial charge in [-0.15, -0.1) is 0 Å². The summed E-state index contributed by atoms with van der Waals surface area (Å²) in [5.41, 5.74) is 0. The first-order valence-corrected chi connectivity index (χ1v) is 8.51. The monoisotopic (exact) mass is 242 g/mol. The molecule has 0 saturated carbocycles. The molecule has 0 N–H and O–H groups in total. The van der Waals surface area contributed by atoms with Gasteiger partial charge in [0.05, 0.1) is 5.02 Å². The third kappa shape index (κ3) is 2.99. The summed E-state index contributed by atoms with van der Waals surface area (Å²) in [7, 11) is -1.57. The molecule has 0 aliphatic rings. The van der Waals surface area contributed by atoms with E-state index in [9.17, 15) is 0 Å². The van der Waals surface area contributed by atoms with Crippen LogP contribution >= 0.6 is 11.6 Å². The average Bonchev–Trinajstić information content (AvgIpc) is 2.29. The molecule has 0 bridgehead atoms. The van der Waals surface area contributed by atoms with Crippen LogP contribution in [0.2, 0.25) is 23.2 Å². The van der Waals surface area contributed by atoms with E-state index in [0.29, 0.717) is 0 Å². The number of hydrogen-bond donors (Lipinski definition) is 0. The van der Waals surface area contributed by atoms with Crippen LogP contribution in [0, 0.1) is 0 Å². The molecule has 3 heteroatoms. The smallest absolute Gasteiger partial charge is 0.250 e. The van der Waals surface area contributed by atoms with Gasteiger partial charge in [-0.3, -0.25) is 0 Å². The Morgan fingerprint density at radius 3 is 2.07 bits per heavy atom. The normalized spacial score (nSPS) is 11.5. The predicted molar refractivity (Wildman–Crippen MR) is 69.3 cm³/mol. The van der Waals surface area contributed by atoms with Gasteiger partial charge in [0.1, 0.15) is 5.75 Å². The fraction of sp³-hybridized carbons (Fsp3) is 0.500. The first-order chi connectivity index (χ1) is 7.17. The second-order valence-electron chi connectivity index (χ2n) is 3.78. The summed E-state index contributed by atoms with van der Waals surface area (Å²) in [5, 5.41) is 0.727. The summed E-state index contributed by atoms with van der Waals surface area (Å²) < 4.78 is 6.19. The molecule has 0 aliphatic heterocycles. The van der Waals surface area contributed by atoms with Crippen molar-refractivity contribution in [3.05, 3.63) is 29.3 Å². The van der Waals surface area contributed by atoms with Gasteiger partial charge in [-0.1, -0.05) is 44.5 Å². The summed E-state index contributed by atoms with van der Waals surface area (Å²) >= 11 is 6.10. The van der Waals surface area contributed by atoms with Gasteiger partial charge in [0.2, 0.25) is 0 Å². The van der Waals surface area contributed by atoms with Gasteiger partial charge in [0.15, 0.2) is 0 Å². The molecule has 0 amide bonds. The highest BCUT2D eigenvalue weighted by Gasteiger charge is 2.31. The van der Waals surface area contributed by atoms with E-state index in [0.717, 1.165) is 28.9 Å². The molecule has 0 aromatic heterocycles. The summed E-state index contributed by atoms with van der Waals surface area (Å²) in [4.78, 5) is 0. The molecule has 15 heavy (non-hydrogen) atoms. The third-order valence-electron chi connectivity index (χ3n) is 3.10. The van der Waals surface area contributed by atoms with Crippen molar-refractivity contribution in [2.45, 2.75) is 38.9 Å². The van der Waals surface area contributed by atoms with Gasteiger partial charge in [0.25, 0.3) is 8.32 Å². The zero-order chi connectivity index (χ0) is 11.3. The Labute approximate surface area is 98.5 Å². The van der Waals surface area contributed by atoms with Gasteiger partial charge in [-0.05, 0) is 30.3 Å². The van der Waals surface area contributed by atoms with E-state index in [1.165, 1.54) is 0 Å². The Morgan fingerprint density at radius 2 is 1.60 bits per heavy atom. The van der Waals surface area contributed by atoms with E-state index >= 15 is 0 Å². The van der Waals surface area contributed by atoms with Crippen LogP contribution in [0.15, 0.2) is 24.3 Å². The first kappa shape index (κ1) is 12.6. The van der Waals surface area contributed by atoms with Crippen molar-refractivity contribution < 1.29 is 4.43 Å². The van der Waals surface area contributed by atoms with E-state index in [1.54, 1.807) is 0 Å². The highest BCUT2D eigenvalue weighted by molar-refractivity contribution is 6.74. The molecule has 0 spiro atoms. The molecule has 1 rings (SSSR count). The maximum atomic E-state index is 6.19. The van der Waals surface area contributed by atoms with Crippen LogP contribution in [0.3, 0.4) is 0 Å². The van der Waals surface area contributed by atoms with Crippen LogP contribution < -0.4 is 4.43 Å². The largest absolute Gasteiger partial charge is 0.543 e. The number of hydrogen-bond acceptors (Lipinski definition) is 1. The Balaban J connectivity index is 2.88. The molecule has 0 unspecified atom stereocenters. The number of rotatable bonds is 5. The molecule has 1 aromatic rings. The molecule has 1 aromatic carbocycles. The third-order valence-corrected chi connectivity index (χ3v) is 7.93. The molecular weight excluding hydrogens is 224 g/mol. The fourth-order valence-corrected chi connectivity index (χ4v) is 4.54. The molecule has 0 aliphatic carbocycles. The maximum Gasteiger partial charge on any atom is 0.250 e. The lowest BCUT2D eigenvalue weighted by Crippen LogP contribution is -2.39. The summed E-state index contributed by atoms with van der Waals surface area (Å²) in [6.07, 6.45) is 0. The lowest BCUT2D eigenvalue weighted by atomic mass is 10.3. The number of benzene rings is 1. The fourth-order valence-electron chi connectivity index (χ4n) is 1.73. The van der Waals surface area contributed by atoms with E-state index in [1.807, 2.05) is 24.3 Å². The van der Waals surface area contributed by atoms with Gasteiger partial charge in [0, 0.05) is 0 Å². The van der Waals surface area contributed by atoms with Crippen molar-refractivity contribution in [2.75, 3.05) is 0 Å². The van der Waals surface area contributed by atoms with E-state index < -0.39 is 8.32 Å². The topological polar surface area (TPSA) is 9.23 Å². The molecule has 0 atom stereocenters. The lowest BCUT2D eigenvalue weighted by molar-refractivity contribution is 0.532. The quantitative estimate of drug-likeness (QED) is 0.679. The van der Waals surface area contributed by atoms with Crippen LogP contribution in [-0.4, -0.2) is 8.32 Å². The standard InChI is InChI=1S/C12H19ClOSi/c1-4-15(5-2,6-3)14-12-10-8-7-9-11(12)13/h7-10H,4-6H2,1-3H3. The highest BCUT2D eigenvalue weighted by atomic mass is 35.5. The van der Waals surface area contributed by atoms with E-state index in [4.69, 9.17) is 16.0 Å². The molecule has 0 fully saturated rings. The van der Waals surface area contributed by atoms with Crippen LogP contribution in [0.4, 0.5) is 0 Å². The molecular formula is C12H19ClOSi. The first-order valence-electron chi connectivity index (χ1n) is 5.61. The second kappa shape index (κ2) is 5.57. The second-order valence-corrected chi connectivity index (χ2v) is 8.87. The minimum Gasteiger partial charge on any atom is -0.543 e. The van der Waals surface area contributed by atoms with Crippen LogP contribution in [-0.2, 0) is 0 Å². The molecule has 0 heterocycles. The molecule has 0 radical (unpaired) electrons. The van der Waals surface area contributed by atoms with Crippen molar-refractivity contribution in [1.29, 1.82) is 0 Å². The van der Waals surface area contributed by atoms with Crippen LogP contribution in [0.5, 0.6) is 5.75 Å². The van der Waals surface area contributed by atoms with Gasteiger partial charge in [-0.25, -0.2) is 0 Å². The Kier molecular flexibility index (Phi) is 4.67. The molecule has 1 nitrogen and oxygen atoms in total. The predicted octanol–water partition coefficient (Wildman–Crippen LogP) is 4.72. The summed E-state index contributed by atoms with van der Waals surface area (Å²) in [6.45, 7) is 6.65. The highest BCUT2D eigenvalue weighted by Crippen LogP contribution is 2.30. The minimum absolute atomic E-state index is 0.727. The lowest BCUT2D eigenvalue weighted by Gasteiger charge is -2.29. The van der Waals surface area contributed by atoms with Crippen LogP contribution in [0.25, 0.3) is 0 Å². The Morgan fingerprint density at radius 1 is 1.07 bits per heavy atom. The van der Waals surface area contributed by atoms with E-state index in [-0.39, 0.29) is 0 Å². The maximum absolute atomic E-state index is 6.19. The molecule has 84 valence electrons. The minimum atomic E-state index is -1.57. The summed E-state index contributed by atoms with van der Waals surface area (Å²) in [5.74, 6) is 0.858. The zero-order valence-electron chi connectivity index (χ0n) is 9.72. The van der Waals surface area contributed by atoms with Crippen molar-refractivity contribution in [3.63, 3.8) is 0 Å². The van der Waals surface area contributed by atoms with Gasteiger partial charge < -0.3 is 4.43 Å². The SMILES string of the molecule is CC[Si](CC)(CC)Oc1ccccc1Cl. The number of para-hydroxylation sites is 1. The van der Waals surface area contributed by atoms with Crippen molar-refractivity contribution in [2.24, 2.45) is 0 Å². The number of halogens is 1. The van der Waals surface area contributed by atoms with Gasteiger partial charge >= 0.3 is 0 Å². The molecule has 0 saturated heterocycles. The zero-order valence-corrected chi connectivity index (χ0v) is 11.5. The van der Waals surface area contributed by atoms with E-state index in [2.05, 4.69) is 20.8 Å². The van der Waals surface area contributed by atoms with Crippen LogP contribution in [0.1, 0.15) is 20.8 Å². The van der Waals surface area contributed by atoms with Gasteiger partial charge in [-0.2, -0.15) is 0 Å². The Bertz CT molecular complexity index is 302. The van der Waals surface area contributed by atoms with Crippen molar-refractivity contribution >= 4 is 19.9 Å². The Hall–Kier alpha value is -0.473. The van der Waals surface area contributed by atoms with Crippen molar-refractivity contribution in [1.82, 2.24) is 0 Å². The van der Waals surface area contributed by atoms with Crippen molar-refractivity contribution in [3.8, 4) is 5.75 Å². The summed E-state index contributed by atoms with van der Waals surface area (Å²) in [6, 6.07) is 11.2. The average molecular weight is 243 g/mol.